The number of hydrogen-bond donors (Lipinski definition) is 0. The van der Waals surface area contributed by atoms with Crippen LogP contribution in [-0.4, -0.2) is 0 Å². The quantitative estimate of drug-likeness (QED) is 0.628. The van der Waals surface area contributed by atoms with E-state index in [0.717, 1.165) is 0 Å². The summed E-state index contributed by atoms with van der Waals surface area (Å²) in [5, 5.41) is 0. The van der Waals surface area contributed by atoms with Crippen LogP contribution >= 0.6 is 11.8 Å². The van der Waals surface area contributed by atoms with E-state index in [1.165, 1.54) is 43.4 Å². The first-order valence-corrected chi connectivity index (χ1v) is 7.15. The van der Waals surface area contributed by atoms with Gasteiger partial charge in [-0.2, -0.15) is 0 Å². The maximum absolute atomic E-state index is 2.28. The zero-order chi connectivity index (χ0) is 11.2. The van der Waals surface area contributed by atoms with Crippen LogP contribution in [0.5, 0.6) is 0 Å². The van der Waals surface area contributed by atoms with E-state index in [0.29, 0.717) is 0 Å². The van der Waals surface area contributed by atoms with E-state index in [-0.39, 0.29) is 0 Å². The third-order valence-corrected chi connectivity index (χ3v) is 4.49. The van der Waals surface area contributed by atoms with Gasteiger partial charge in [0.05, 0.1) is 0 Å². The number of thioether (sulfide) groups is 1. The minimum absolute atomic E-state index is 1.19. The van der Waals surface area contributed by atoms with Crippen molar-refractivity contribution in [3.63, 3.8) is 0 Å². The Morgan fingerprint density at radius 2 is 1.75 bits per heavy atom. The van der Waals surface area contributed by atoms with E-state index in [4.69, 9.17) is 0 Å². The van der Waals surface area contributed by atoms with Crippen molar-refractivity contribution in [2.45, 2.75) is 50.3 Å². The van der Waals surface area contributed by atoms with Gasteiger partial charge in [0.15, 0.2) is 0 Å². The zero-order valence-electron chi connectivity index (χ0n) is 10.0. The van der Waals surface area contributed by atoms with Crippen molar-refractivity contribution in [3.05, 3.63) is 40.8 Å². The molecular formula is C15H20S. The number of rotatable bonds is 3. The van der Waals surface area contributed by atoms with Gasteiger partial charge in [-0.25, -0.2) is 0 Å². The molecule has 0 amide bonds. The SMILES string of the molecule is CCC(Sc1ccccc1)=C1CCCCC1. The lowest BCUT2D eigenvalue weighted by Gasteiger charge is -2.18. The Morgan fingerprint density at radius 3 is 2.38 bits per heavy atom. The first-order chi connectivity index (χ1) is 7.90. The summed E-state index contributed by atoms with van der Waals surface area (Å²) in [5.74, 6) is 0. The van der Waals surface area contributed by atoms with Gasteiger partial charge in [0.1, 0.15) is 0 Å². The molecule has 0 saturated heterocycles. The molecule has 1 fully saturated rings. The summed E-state index contributed by atoms with van der Waals surface area (Å²) >= 11 is 1.97. The first-order valence-electron chi connectivity index (χ1n) is 6.34. The molecule has 0 aromatic heterocycles. The van der Waals surface area contributed by atoms with Crippen LogP contribution in [-0.2, 0) is 0 Å². The van der Waals surface area contributed by atoms with Crippen LogP contribution in [0.1, 0.15) is 45.4 Å². The normalized spacial score (nSPS) is 16.2. The van der Waals surface area contributed by atoms with Gasteiger partial charge in [-0.3, -0.25) is 0 Å². The molecule has 0 radical (unpaired) electrons. The van der Waals surface area contributed by atoms with Gasteiger partial charge >= 0.3 is 0 Å². The van der Waals surface area contributed by atoms with Gasteiger partial charge in [0.25, 0.3) is 0 Å². The third kappa shape index (κ3) is 3.15. The van der Waals surface area contributed by atoms with Gasteiger partial charge in [-0.15, -0.1) is 0 Å². The fourth-order valence-corrected chi connectivity index (χ4v) is 3.35. The van der Waals surface area contributed by atoms with E-state index >= 15 is 0 Å². The van der Waals surface area contributed by atoms with E-state index in [1.54, 1.807) is 10.5 Å². The van der Waals surface area contributed by atoms with Gasteiger partial charge in [0, 0.05) is 4.90 Å². The van der Waals surface area contributed by atoms with Crippen molar-refractivity contribution in [2.24, 2.45) is 0 Å². The van der Waals surface area contributed by atoms with Crippen LogP contribution in [0.15, 0.2) is 45.7 Å². The summed E-state index contributed by atoms with van der Waals surface area (Å²) in [4.78, 5) is 3.00. The highest BCUT2D eigenvalue weighted by molar-refractivity contribution is 8.03. The number of allylic oxidation sites excluding steroid dienone is 2. The Kier molecular flexibility index (Phi) is 4.53. The fourth-order valence-electron chi connectivity index (χ4n) is 2.28. The zero-order valence-corrected chi connectivity index (χ0v) is 10.9. The summed E-state index contributed by atoms with van der Waals surface area (Å²) in [6.07, 6.45) is 8.08. The number of hydrogen-bond acceptors (Lipinski definition) is 1. The van der Waals surface area contributed by atoms with Gasteiger partial charge in [-0.1, -0.05) is 48.9 Å². The van der Waals surface area contributed by atoms with E-state index in [9.17, 15) is 0 Å². The molecule has 0 atom stereocenters. The maximum Gasteiger partial charge on any atom is 0.0119 e. The Balaban J connectivity index is 2.10. The van der Waals surface area contributed by atoms with Crippen molar-refractivity contribution < 1.29 is 0 Å². The maximum atomic E-state index is 2.28. The molecule has 1 heteroatoms. The van der Waals surface area contributed by atoms with Crippen LogP contribution in [0.3, 0.4) is 0 Å². The number of benzene rings is 1. The van der Waals surface area contributed by atoms with Crippen LogP contribution in [0.25, 0.3) is 0 Å². The van der Waals surface area contributed by atoms with E-state index in [1.807, 2.05) is 11.8 Å². The molecule has 0 heterocycles. The molecule has 0 nitrogen and oxygen atoms in total. The van der Waals surface area contributed by atoms with Crippen molar-refractivity contribution in [1.29, 1.82) is 0 Å². The first kappa shape index (κ1) is 11.8. The monoisotopic (exact) mass is 232 g/mol. The summed E-state index contributed by atoms with van der Waals surface area (Å²) in [5.41, 5.74) is 1.72. The highest BCUT2D eigenvalue weighted by Crippen LogP contribution is 2.36. The molecule has 16 heavy (non-hydrogen) atoms. The van der Waals surface area contributed by atoms with Gasteiger partial charge in [0.2, 0.25) is 0 Å². The Hall–Kier alpha value is -0.690. The molecule has 1 aliphatic rings. The van der Waals surface area contributed by atoms with Crippen molar-refractivity contribution in [1.82, 2.24) is 0 Å². The lowest BCUT2D eigenvalue weighted by molar-refractivity contribution is 0.595. The van der Waals surface area contributed by atoms with Gasteiger partial charge in [-0.05, 0) is 49.1 Å². The average molecular weight is 232 g/mol. The van der Waals surface area contributed by atoms with Crippen molar-refractivity contribution in [3.8, 4) is 0 Å². The van der Waals surface area contributed by atoms with E-state index < -0.39 is 0 Å². The Bertz CT molecular complexity index is 343. The second kappa shape index (κ2) is 6.15. The Labute approximate surface area is 103 Å². The smallest absolute Gasteiger partial charge is 0.0119 e. The summed E-state index contributed by atoms with van der Waals surface area (Å²) in [6, 6.07) is 10.8. The molecule has 2 rings (SSSR count). The predicted octanol–water partition coefficient (Wildman–Crippen LogP) is 5.41. The van der Waals surface area contributed by atoms with Crippen molar-refractivity contribution >= 4 is 11.8 Å². The Morgan fingerprint density at radius 1 is 1.06 bits per heavy atom. The molecular weight excluding hydrogens is 212 g/mol. The molecule has 0 unspecified atom stereocenters. The molecule has 0 N–H and O–H groups in total. The minimum atomic E-state index is 1.19. The lowest BCUT2D eigenvalue weighted by atomic mass is 9.94. The van der Waals surface area contributed by atoms with Crippen LogP contribution < -0.4 is 0 Å². The molecule has 1 aromatic rings. The van der Waals surface area contributed by atoms with Crippen LogP contribution in [0.4, 0.5) is 0 Å². The topological polar surface area (TPSA) is 0 Å². The largest absolute Gasteiger partial charge is 0.0946 e. The standard InChI is InChI=1S/C15H20S/c1-2-15(13-9-5-3-6-10-13)16-14-11-7-4-8-12-14/h4,7-8,11-12H,2-3,5-6,9-10H2,1H3. The summed E-state index contributed by atoms with van der Waals surface area (Å²) in [6.45, 7) is 2.28. The average Bonchev–Trinajstić information content (AvgIpc) is 2.38. The molecule has 1 aliphatic carbocycles. The summed E-state index contributed by atoms with van der Waals surface area (Å²) < 4.78 is 0. The molecule has 0 aliphatic heterocycles. The fraction of sp³-hybridized carbons (Fsp3) is 0.467. The molecule has 1 aromatic carbocycles. The molecule has 86 valence electrons. The second-order valence-corrected chi connectivity index (χ2v) is 5.52. The van der Waals surface area contributed by atoms with Crippen LogP contribution in [0, 0.1) is 0 Å². The minimum Gasteiger partial charge on any atom is -0.0946 e. The summed E-state index contributed by atoms with van der Waals surface area (Å²) in [7, 11) is 0. The molecule has 1 saturated carbocycles. The van der Waals surface area contributed by atoms with E-state index in [2.05, 4.69) is 37.3 Å². The highest BCUT2D eigenvalue weighted by Gasteiger charge is 2.11. The third-order valence-electron chi connectivity index (χ3n) is 3.16. The molecule has 0 spiro atoms. The van der Waals surface area contributed by atoms with Crippen molar-refractivity contribution in [2.75, 3.05) is 0 Å². The van der Waals surface area contributed by atoms with Crippen LogP contribution in [0.2, 0.25) is 0 Å². The second-order valence-electron chi connectivity index (χ2n) is 4.36. The molecule has 0 bridgehead atoms. The predicted molar refractivity (Wildman–Crippen MR) is 72.7 cm³/mol. The van der Waals surface area contributed by atoms with Gasteiger partial charge < -0.3 is 0 Å². The lowest BCUT2D eigenvalue weighted by Crippen LogP contribution is -1.96. The highest BCUT2D eigenvalue weighted by atomic mass is 32.2.